The van der Waals surface area contributed by atoms with Gasteiger partial charge in [-0.25, -0.2) is 14.1 Å². The molecule has 5 aromatic rings. The van der Waals surface area contributed by atoms with E-state index in [0.29, 0.717) is 23.6 Å². The van der Waals surface area contributed by atoms with Crippen molar-refractivity contribution in [2.45, 2.75) is 13.2 Å². The number of nitrogens with zero attached hydrogens (tertiary/aromatic N) is 5. The van der Waals surface area contributed by atoms with Gasteiger partial charge in [0.15, 0.2) is 11.6 Å². The SMILES string of the molecule is Cl.Fc1cc(-c2nc3ccc(C4=NCCN4)cc3[nH]2)ccc1OCc1cn(Cc2ccccc2)nn1. The van der Waals surface area contributed by atoms with Gasteiger partial charge in [-0.2, -0.15) is 0 Å². The molecular weight excluding hydrogens is 481 g/mol. The Morgan fingerprint density at radius 1 is 1.00 bits per heavy atom. The highest BCUT2D eigenvalue weighted by Gasteiger charge is 2.13. The first kappa shape index (κ1) is 23.5. The van der Waals surface area contributed by atoms with Crippen molar-refractivity contribution in [1.82, 2.24) is 30.3 Å². The minimum absolute atomic E-state index is 0. The lowest BCUT2D eigenvalue weighted by Gasteiger charge is -2.06. The zero-order valence-corrected chi connectivity index (χ0v) is 20.0. The van der Waals surface area contributed by atoms with Crippen LogP contribution >= 0.6 is 12.4 Å². The molecule has 0 spiro atoms. The maximum absolute atomic E-state index is 14.8. The molecule has 1 aliphatic rings. The van der Waals surface area contributed by atoms with Gasteiger partial charge in [-0.1, -0.05) is 35.5 Å². The zero-order chi connectivity index (χ0) is 23.6. The minimum atomic E-state index is -0.468. The molecule has 8 nitrogen and oxygen atoms in total. The number of aromatic amines is 1. The van der Waals surface area contributed by atoms with Crippen molar-refractivity contribution in [3.8, 4) is 17.1 Å². The van der Waals surface area contributed by atoms with E-state index < -0.39 is 5.82 Å². The Morgan fingerprint density at radius 3 is 2.67 bits per heavy atom. The summed E-state index contributed by atoms with van der Waals surface area (Å²) >= 11 is 0. The molecule has 0 bridgehead atoms. The smallest absolute Gasteiger partial charge is 0.165 e. The van der Waals surface area contributed by atoms with E-state index in [4.69, 9.17) is 4.74 Å². The number of aliphatic imine (C=N–C) groups is 1. The van der Waals surface area contributed by atoms with Gasteiger partial charge < -0.3 is 15.0 Å². The van der Waals surface area contributed by atoms with Crippen molar-refractivity contribution in [3.63, 3.8) is 0 Å². The van der Waals surface area contributed by atoms with E-state index >= 15 is 0 Å². The van der Waals surface area contributed by atoms with Crippen molar-refractivity contribution in [3.05, 3.63) is 95.6 Å². The quantitative estimate of drug-likeness (QED) is 0.344. The van der Waals surface area contributed by atoms with Crippen LogP contribution in [0.5, 0.6) is 5.75 Å². The first-order chi connectivity index (χ1) is 17.2. The van der Waals surface area contributed by atoms with Crippen molar-refractivity contribution < 1.29 is 9.13 Å². The number of fused-ring (bicyclic) bond motifs is 1. The van der Waals surface area contributed by atoms with Crippen LogP contribution < -0.4 is 10.1 Å². The number of aromatic nitrogens is 5. The average Bonchev–Trinajstić information content (AvgIpc) is 3.64. The summed E-state index contributed by atoms with van der Waals surface area (Å²) in [6, 6.07) is 20.7. The first-order valence-corrected chi connectivity index (χ1v) is 11.4. The lowest BCUT2D eigenvalue weighted by atomic mass is 10.2. The minimum Gasteiger partial charge on any atom is -0.484 e. The number of rotatable bonds is 7. The molecule has 2 aromatic heterocycles. The normalized spacial score (nSPS) is 12.8. The second-order valence-corrected chi connectivity index (χ2v) is 8.30. The van der Waals surface area contributed by atoms with Gasteiger partial charge in [0.1, 0.15) is 24.0 Å². The van der Waals surface area contributed by atoms with Gasteiger partial charge >= 0.3 is 0 Å². The van der Waals surface area contributed by atoms with E-state index in [1.807, 2.05) is 48.5 Å². The predicted molar refractivity (Wildman–Crippen MR) is 138 cm³/mol. The monoisotopic (exact) mass is 503 g/mol. The Bertz CT molecular complexity index is 1530. The summed E-state index contributed by atoms with van der Waals surface area (Å²) in [5.74, 6) is 1.16. The van der Waals surface area contributed by atoms with E-state index in [1.165, 1.54) is 6.07 Å². The summed E-state index contributed by atoms with van der Waals surface area (Å²) in [6.45, 7) is 2.36. The maximum atomic E-state index is 14.8. The Labute approximate surface area is 212 Å². The fourth-order valence-corrected chi connectivity index (χ4v) is 4.05. The summed E-state index contributed by atoms with van der Waals surface area (Å²) in [4.78, 5) is 12.3. The number of ether oxygens (including phenoxy) is 1. The predicted octanol–water partition coefficient (Wildman–Crippen LogP) is 4.36. The molecule has 3 aromatic carbocycles. The fraction of sp³-hybridized carbons (Fsp3) is 0.154. The number of amidine groups is 1. The van der Waals surface area contributed by atoms with E-state index in [9.17, 15) is 4.39 Å². The Kier molecular flexibility index (Phi) is 6.64. The molecule has 0 radical (unpaired) electrons. The molecule has 1 aliphatic heterocycles. The molecule has 6 rings (SSSR count). The number of hydrogen-bond donors (Lipinski definition) is 2. The first-order valence-electron chi connectivity index (χ1n) is 11.4. The third-order valence-electron chi connectivity index (χ3n) is 5.78. The molecule has 0 fully saturated rings. The maximum Gasteiger partial charge on any atom is 0.165 e. The van der Waals surface area contributed by atoms with Crippen LogP contribution in [0.25, 0.3) is 22.4 Å². The van der Waals surface area contributed by atoms with E-state index in [1.54, 1.807) is 23.0 Å². The van der Waals surface area contributed by atoms with Crippen LogP contribution in [0.4, 0.5) is 4.39 Å². The Balaban J connectivity index is 0.00000267. The van der Waals surface area contributed by atoms with Gasteiger partial charge in [-0.15, -0.1) is 17.5 Å². The molecule has 0 saturated heterocycles. The van der Waals surface area contributed by atoms with E-state index in [2.05, 4.69) is 30.6 Å². The van der Waals surface area contributed by atoms with Crippen LogP contribution in [0.1, 0.15) is 16.8 Å². The third kappa shape index (κ3) is 4.92. The number of halogens is 2. The molecule has 182 valence electrons. The van der Waals surface area contributed by atoms with Crippen LogP contribution in [-0.2, 0) is 13.2 Å². The van der Waals surface area contributed by atoms with Gasteiger partial charge in [0, 0.05) is 17.7 Å². The number of H-pyrrole nitrogens is 1. The van der Waals surface area contributed by atoms with Crippen LogP contribution in [0.2, 0.25) is 0 Å². The molecule has 0 saturated carbocycles. The molecule has 0 atom stereocenters. The number of nitrogens with one attached hydrogen (secondary N) is 2. The second-order valence-electron chi connectivity index (χ2n) is 8.30. The molecule has 3 heterocycles. The van der Waals surface area contributed by atoms with E-state index in [-0.39, 0.29) is 24.8 Å². The summed E-state index contributed by atoms with van der Waals surface area (Å²) in [7, 11) is 0. The summed E-state index contributed by atoms with van der Waals surface area (Å²) in [6.07, 6.45) is 1.80. The van der Waals surface area contributed by atoms with Crippen LogP contribution in [-0.4, -0.2) is 43.9 Å². The lowest BCUT2D eigenvalue weighted by Crippen LogP contribution is -2.19. The summed E-state index contributed by atoms with van der Waals surface area (Å²) < 4.78 is 22.2. The third-order valence-corrected chi connectivity index (χ3v) is 5.78. The summed E-state index contributed by atoms with van der Waals surface area (Å²) in [5, 5.41) is 11.5. The van der Waals surface area contributed by atoms with Crippen molar-refractivity contribution >= 4 is 29.3 Å². The van der Waals surface area contributed by atoms with E-state index in [0.717, 1.165) is 41.1 Å². The van der Waals surface area contributed by atoms with Gasteiger partial charge in [-0.05, 0) is 42.0 Å². The van der Waals surface area contributed by atoms with Crippen molar-refractivity contribution in [2.24, 2.45) is 4.99 Å². The standard InChI is InChI=1S/C26H22FN7O.ClH/c27-21-12-18(26-30-22-8-6-19(13-23(22)31-26)25-28-10-11-29-25)7-9-24(21)35-16-20-15-34(33-32-20)14-17-4-2-1-3-5-17;/h1-9,12-13,15H,10-11,14,16H2,(H,28,29)(H,30,31);1H. The second kappa shape index (κ2) is 10.2. The zero-order valence-electron chi connectivity index (χ0n) is 19.2. The highest BCUT2D eigenvalue weighted by molar-refractivity contribution is 6.02. The van der Waals surface area contributed by atoms with Gasteiger partial charge in [-0.3, -0.25) is 4.99 Å². The van der Waals surface area contributed by atoms with Gasteiger partial charge in [0.25, 0.3) is 0 Å². The van der Waals surface area contributed by atoms with Crippen LogP contribution in [0.3, 0.4) is 0 Å². The number of benzene rings is 3. The summed E-state index contributed by atoms with van der Waals surface area (Å²) in [5.41, 5.74) is 5.06. The van der Waals surface area contributed by atoms with Gasteiger partial charge in [0.05, 0.1) is 30.3 Å². The molecule has 0 amide bonds. The molecule has 0 unspecified atom stereocenters. The number of imidazole rings is 1. The van der Waals surface area contributed by atoms with Crippen molar-refractivity contribution in [2.75, 3.05) is 13.1 Å². The van der Waals surface area contributed by atoms with Crippen LogP contribution in [0.15, 0.2) is 77.9 Å². The molecular formula is C26H23ClFN7O. The molecule has 36 heavy (non-hydrogen) atoms. The van der Waals surface area contributed by atoms with Gasteiger partial charge in [0.2, 0.25) is 0 Å². The fourth-order valence-electron chi connectivity index (χ4n) is 4.05. The topological polar surface area (TPSA) is 93.0 Å². The van der Waals surface area contributed by atoms with Crippen LogP contribution in [0, 0.1) is 5.82 Å². The highest BCUT2D eigenvalue weighted by Crippen LogP contribution is 2.26. The Hall–Kier alpha value is -4.24. The Morgan fingerprint density at radius 2 is 1.86 bits per heavy atom. The average molecular weight is 504 g/mol. The van der Waals surface area contributed by atoms with Crippen molar-refractivity contribution in [1.29, 1.82) is 0 Å². The largest absolute Gasteiger partial charge is 0.484 e. The molecule has 0 aliphatic carbocycles. The molecule has 2 N–H and O–H groups in total. The molecule has 10 heteroatoms. The lowest BCUT2D eigenvalue weighted by molar-refractivity contribution is 0.286. The highest BCUT2D eigenvalue weighted by atomic mass is 35.5. The number of hydrogen-bond acceptors (Lipinski definition) is 6.